The van der Waals surface area contributed by atoms with Gasteiger partial charge in [-0.25, -0.2) is 8.42 Å². The summed E-state index contributed by atoms with van der Waals surface area (Å²) in [6, 6.07) is 24.7. The second-order valence-corrected chi connectivity index (χ2v) is 9.77. The molecule has 0 aliphatic carbocycles. The van der Waals surface area contributed by atoms with E-state index in [0.717, 1.165) is 34.1 Å². The van der Waals surface area contributed by atoms with Crippen molar-refractivity contribution in [1.82, 2.24) is 9.62 Å². The smallest absolute Gasteiger partial charge is 0.236 e. The van der Waals surface area contributed by atoms with Gasteiger partial charge < -0.3 is 5.32 Å². The van der Waals surface area contributed by atoms with Crippen LogP contribution in [0.2, 0.25) is 0 Å². The van der Waals surface area contributed by atoms with Crippen molar-refractivity contribution in [3.8, 4) is 0 Å². The molecule has 0 unspecified atom stereocenters. The maximum Gasteiger partial charge on any atom is 0.236 e. The van der Waals surface area contributed by atoms with Crippen LogP contribution in [0.25, 0.3) is 0 Å². The lowest BCUT2D eigenvalue weighted by molar-refractivity contribution is -0.121. The molecule has 0 saturated carbocycles. The van der Waals surface area contributed by atoms with Crippen LogP contribution in [0, 0.1) is 13.8 Å². The molecule has 0 aliphatic rings. The molecular weight excluding hydrogens is 408 g/mol. The van der Waals surface area contributed by atoms with Crippen LogP contribution in [0.15, 0.2) is 78.9 Å². The Labute approximate surface area is 184 Å². The summed E-state index contributed by atoms with van der Waals surface area (Å²) in [6.07, 6.45) is 1.13. The number of carbonyl (C=O) groups excluding carboxylic acids is 1. The first kappa shape index (κ1) is 22.7. The molecule has 0 radical (unpaired) electrons. The van der Waals surface area contributed by atoms with Gasteiger partial charge in [-0.15, -0.1) is 0 Å². The molecule has 5 nitrogen and oxygen atoms in total. The Morgan fingerprint density at radius 1 is 0.935 bits per heavy atom. The number of sulfonamides is 1. The van der Waals surface area contributed by atoms with Gasteiger partial charge in [0.05, 0.1) is 18.8 Å². The van der Waals surface area contributed by atoms with Gasteiger partial charge in [-0.1, -0.05) is 84.4 Å². The van der Waals surface area contributed by atoms with E-state index in [1.165, 1.54) is 4.31 Å². The average molecular weight is 437 g/mol. The van der Waals surface area contributed by atoms with Crippen LogP contribution in [-0.2, 0) is 21.4 Å². The number of nitrogens with zero attached hydrogens (tertiary/aromatic N) is 1. The molecule has 1 N–H and O–H groups in total. The Kier molecular flexibility index (Phi) is 7.25. The maximum absolute atomic E-state index is 13.0. The Hall–Kier alpha value is -2.96. The fourth-order valence-electron chi connectivity index (χ4n) is 3.58. The zero-order valence-electron chi connectivity index (χ0n) is 18.1. The number of amides is 1. The molecule has 3 aromatic carbocycles. The van der Waals surface area contributed by atoms with Crippen molar-refractivity contribution in [3.63, 3.8) is 0 Å². The van der Waals surface area contributed by atoms with Crippen molar-refractivity contribution >= 4 is 15.9 Å². The van der Waals surface area contributed by atoms with Crippen LogP contribution < -0.4 is 5.32 Å². The van der Waals surface area contributed by atoms with E-state index in [1.54, 1.807) is 0 Å². The molecule has 3 rings (SSSR count). The first-order valence-corrected chi connectivity index (χ1v) is 12.0. The van der Waals surface area contributed by atoms with Gasteiger partial charge in [0.15, 0.2) is 0 Å². The summed E-state index contributed by atoms with van der Waals surface area (Å²) in [5.41, 5.74) is 4.97. The first-order valence-electron chi connectivity index (χ1n) is 10.1. The van der Waals surface area contributed by atoms with Crippen LogP contribution in [0.1, 0.15) is 33.9 Å². The standard InChI is InChI=1S/C25H28N2O3S/c1-19-14-15-23(20(2)16-19)25(22-12-8-5-9-13-22)26-24(28)18-27(31(3,29)30)17-21-10-6-4-7-11-21/h4-16,25H,17-18H2,1-3H3,(H,26,28)/t25-/m1/s1. The highest BCUT2D eigenvalue weighted by atomic mass is 32.2. The summed E-state index contributed by atoms with van der Waals surface area (Å²) in [6.45, 7) is 3.94. The fourth-order valence-corrected chi connectivity index (χ4v) is 4.32. The molecule has 0 saturated heterocycles. The Balaban J connectivity index is 1.85. The summed E-state index contributed by atoms with van der Waals surface area (Å²) in [4.78, 5) is 13.0. The van der Waals surface area contributed by atoms with Crippen LogP contribution in [-0.4, -0.2) is 31.4 Å². The molecule has 31 heavy (non-hydrogen) atoms. The van der Waals surface area contributed by atoms with E-state index >= 15 is 0 Å². The van der Waals surface area contributed by atoms with E-state index in [-0.39, 0.29) is 25.0 Å². The summed E-state index contributed by atoms with van der Waals surface area (Å²) in [7, 11) is -3.56. The third-order valence-electron chi connectivity index (χ3n) is 5.17. The van der Waals surface area contributed by atoms with Gasteiger partial charge in [0, 0.05) is 6.54 Å². The number of aryl methyl sites for hydroxylation is 2. The van der Waals surface area contributed by atoms with Crippen molar-refractivity contribution in [3.05, 3.63) is 107 Å². The largest absolute Gasteiger partial charge is 0.344 e. The van der Waals surface area contributed by atoms with Gasteiger partial charge in [0.1, 0.15) is 0 Å². The molecular formula is C25H28N2O3S. The lowest BCUT2D eigenvalue weighted by Crippen LogP contribution is -2.41. The van der Waals surface area contributed by atoms with Gasteiger partial charge in [-0.05, 0) is 36.1 Å². The van der Waals surface area contributed by atoms with E-state index in [0.29, 0.717) is 0 Å². The Morgan fingerprint density at radius 2 is 1.55 bits per heavy atom. The minimum absolute atomic E-state index is 0.145. The normalized spacial score (nSPS) is 12.5. The summed E-state index contributed by atoms with van der Waals surface area (Å²) in [5, 5.41) is 3.05. The molecule has 0 heterocycles. The van der Waals surface area contributed by atoms with E-state index in [2.05, 4.69) is 11.4 Å². The topological polar surface area (TPSA) is 66.5 Å². The fraction of sp³-hybridized carbons (Fsp3) is 0.240. The van der Waals surface area contributed by atoms with Crippen LogP contribution >= 0.6 is 0 Å². The number of nitrogens with one attached hydrogen (secondary N) is 1. The van der Waals surface area contributed by atoms with Gasteiger partial charge in [0.25, 0.3) is 0 Å². The molecule has 0 aliphatic heterocycles. The lowest BCUT2D eigenvalue weighted by atomic mass is 9.94. The second-order valence-electron chi connectivity index (χ2n) is 7.79. The van der Waals surface area contributed by atoms with Gasteiger partial charge in [-0.3, -0.25) is 4.79 Å². The Bertz CT molecular complexity index is 1130. The van der Waals surface area contributed by atoms with Crippen molar-refractivity contribution in [2.24, 2.45) is 0 Å². The number of benzene rings is 3. The summed E-state index contributed by atoms with van der Waals surface area (Å²) >= 11 is 0. The number of rotatable bonds is 8. The number of hydrogen-bond donors (Lipinski definition) is 1. The summed E-state index contributed by atoms with van der Waals surface area (Å²) in [5.74, 6) is -0.352. The monoisotopic (exact) mass is 436 g/mol. The minimum atomic E-state index is -3.56. The second kappa shape index (κ2) is 9.90. The van der Waals surface area contributed by atoms with Crippen molar-refractivity contribution in [2.75, 3.05) is 12.8 Å². The zero-order valence-corrected chi connectivity index (χ0v) is 18.9. The van der Waals surface area contributed by atoms with Gasteiger partial charge >= 0.3 is 0 Å². The van der Waals surface area contributed by atoms with Crippen molar-refractivity contribution in [2.45, 2.75) is 26.4 Å². The van der Waals surface area contributed by atoms with Crippen molar-refractivity contribution in [1.29, 1.82) is 0 Å². The average Bonchev–Trinajstić information content (AvgIpc) is 2.73. The molecule has 0 spiro atoms. The molecule has 6 heteroatoms. The number of hydrogen-bond acceptors (Lipinski definition) is 3. The van der Waals surface area contributed by atoms with E-state index in [9.17, 15) is 13.2 Å². The highest BCUT2D eigenvalue weighted by Gasteiger charge is 2.24. The van der Waals surface area contributed by atoms with Gasteiger partial charge in [0.2, 0.25) is 15.9 Å². The lowest BCUT2D eigenvalue weighted by Gasteiger charge is -2.25. The van der Waals surface area contributed by atoms with E-state index in [4.69, 9.17) is 0 Å². The Morgan fingerprint density at radius 3 is 2.13 bits per heavy atom. The highest BCUT2D eigenvalue weighted by molar-refractivity contribution is 7.88. The van der Waals surface area contributed by atoms with Crippen LogP contribution in [0.3, 0.4) is 0 Å². The predicted octanol–water partition coefficient (Wildman–Crippen LogP) is 3.97. The minimum Gasteiger partial charge on any atom is -0.344 e. The molecule has 0 aromatic heterocycles. The van der Waals surface area contributed by atoms with Gasteiger partial charge in [-0.2, -0.15) is 4.31 Å². The highest BCUT2D eigenvalue weighted by Crippen LogP contribution is 2.26. The molecule has 3 aromatic rings. The number of carbonyl (C=O) groups is 1. The third kappa shape index (κ3) is 6.26. The molecule has 0 bridgehead atoms. The SMILES string of the molecule is Cc1ccc([C@H](NC(=O)CN(Cc2ccccc2)S(C)(=O)=O)c2ccccc2)c(C)c1. The van der Waals surface area contributed by atoms with Crippen LogP contribution in [0.5, 0.6) is 0 Å². The molecule has 1 atom stereocenters. The first-order chi connectivity index (χ1) is 14.7. The van der Waals surface area contributed by atoms with Crippen LogP contribution in [0.4, 0.5) is 0 Å². The summed E-state index contributed by atoms with van der Waals surface area (Å²) < 4.78 is 25.9. The van der Waals surface area contributed by atoms with E-state index in [1.807, 2.05) is 86.6 Å². The molecule has 0 fully saturated rings. The van der Waals surface area contributed by atoms with E-state index < -0.39 is 10.0 Å². The predicted molar refractivity (Wildman–Crippen MR) is 124 cm³/mol. The molecule has 162 valence electrons. The maximum atomic E-state index is 13.0. The quantitative estimate of drug-likeness (QED) is 0.581. The van der Waals surface area contributed by atoms with Crippen molar-refractivity contribution < 1.29 is 13.2 Å². The molecule has 1 amide bonds. The zero-order chi connectivity index (χ0) is 22.4. The third-order valence-corrected chi connectivity index (χ3v) is 6.36.